The van der Waals surface area contributed by atoms with Crippen molar-refractivity contribution in [1.82, 2.24) is 9.78 Å². The Balaban J connectivity index is 2.94. The fourth-order valence-electron chi connectivity index (χ4n) is 1.42. The number of rotatable bonds is 3. The van der Waals surface area contributed by atoms with E-state index in [2.05, 4.69) is 18.9 Å². The number of halogens is 1. The smallest absolute Gasteiger partial charge is 0.141 e. The maximum Gasteiger partial charge on any atom is 0.141 e. The van der Waals surface area contributed by atoms with Gasteiger partial charge in [0, 0.05) is 0 Å². The van der Waals surface area contributed by atoms with Gasteiger partial charge in [-0.05, 0) is 20.3 Å². The zero-order valence-corrected chi connectivity index (χ0v) is 9.10. The van der Waals surface area contributed by atoms with Gasteiger partial charge in [0.1, 0.15) is 10.8 Å². The van der Waals surface area contributed by atoms with E-state index in [9.17, 15) is 0 Å². The fraction of sp³-hybridized carbons (Fsp3) is 0.667. The van der Waals surface area contributed by atoms with Crippen molar-refractivity contribution >= 4 is 17.4 Å². The highest BCUT2D eigenvalue weighted by molar-refractivity contribution is 6.33. The maximum atomic E-state index is 5.93. The first-order valence-corrected chi connectivity index (χ1v) is 4.95. The predicted molar refractivity (Wildman–Crippen MR) is 56.0 cm³/mol. The van der Waals surface area contributed by atoms with Crippen LogP contribution in [0.1, 0.15) is 38.4 Å². The SMILES string of the molecule is CCCC(C)n1nc(C)c(Cl)c1N. The molecule has 1 aromatic rings. The summed E-state index contributed by atoms with van der Waals surface area (Å²) >= 11 is 5.93. The topological polar surface area (TPSA) is 43.8 Å². The quantitative estimate of drug-likeness (QED) is 0.818. The molecule has 4 heteroatoms. The Morgan fingerprint density at radius 1 is 1.62 bits per heavy atom. The van der Waals surface area contributed by atoms with E-state index in [4.69, 9.17) is 17.3 Å². The average molecular weight is 202 g/mol. The van der Waals surface area contributed by atoms with Crippen molar-refractivity contribution in [3.63, 3.8) is 0 Å². The van der Waals surface area contributed by atoms with Crippen LogP contribution in [0.2, 0.25) is 5.02 Å². The number of hydrogen-bond acceptors (Lipinski definition) is 2. The Morgan fingerprint density at radius 3 is 2.62 bits per heavy atom. The van der Waals surface area contributed by atoms with Crippen LogP contribution in [0.5, 0.6) is 0 Å². The van der Waals surface area contributed by atoms with Gasteiger partial charge in [-0.1, -0.05) is 24.9 Å². The van der Waals surface area contributed by atoms with Crippen LogP contribution in [0, 0.1) is 6.92 Å². The monoisotopic (exact) mass is 201 g/mol. The summed E-state index contributed by atoms with van der Waals surface area (Å²) in [5, 5.41) is 4.87. The van der Waals surface area contributed by atoms with Crippen LogP contribution in [0.25, 0.3) is 0 Å². The van der Waals surface area contributed by atoms with Crippen molar-refractivity contribution in [2.75, 3.05) is 5.73 Å². The van der Waals surface area contributed by atoms with Gasteiger partial charge in [-0.15, -0.1) is 0 Å². The minimum Gasteiger partial charge on any atom is -0.383 e. The Hall–Kier alpha value is -0.700. The lowest BCUT2D eigenvalue weighted by Gasteiger charge is -2.12. The number of aryl methyl sites for hydroxylation is 1. The van der Waals surface area contributed by atoms with Crippen molar-refractivity contribution < 1.29 is 0 Å². The molecule has 1 rings (SSSR count). The lowest BCUT2D eigenvalue weighted by molar-refractivity contribution is 0.459. The summed E-state index contributed by atoms with van der Waals surface area (Å²) in [6.45, 7) is 6.11. The molecule has 0 saturated heterocycles. The second-order valence-electron chi connectivity index (χ2n) is 3.37. The average Bonchev–Trinajstić information content (AvgIpc) is 2.33. The molecule has 0 radical (unpaired) electrons. The Labute approximate surface area is 83.9 Å². The number of aromatic nitrogens is 2. The van der Waals surface area contributed by atoms with E-state index < -0.39 is 0 Å². The molecule has 0 bridgehead atoms. The second-order valence-corrected chi connectivity index (χ2v) is 3.74. The van der Waals surface area contributed by atoms with Crippen molar-refractivity contribution in [2.24, 2.45) is 0 Å². The van der Waals surface area contributed by atoms with Crippen LogP contribution in [0.3, 0.4) is 0 Å². The summed E-state index contributed by atoms with van der Waals surface area (Å²) in [5.74, 6) is 0.583. The molecule has 1 heterocycles. The lowest BCUT2D eigenvalue weighted by atomic mass is 10.2. The summed E-state index contributed by atoms with van der Waals surface area (Å²) in [6.07, 6.45) is 2.19. The van der Waals surface area contributed by atoms with E-state index in [0.29, 0.717) is 16.9 Å². The van der Waals surface area contributed by atoms with Gasteiger partial charge in [0.15, 0.2) is 0 Å². The first kappa shape index (κ1) is 10.4. The molecule has 2 N–H and O–H groups in total. The summed E-state index contributed by atoms with van der Waals surface area (Å²) in [5.41, 5.74) is 6.61. The van der Waals surface area contributed by atoms with Crippen LogP contribution < -0.4 is 5.73 Å². The third kappa shape index (κ3) is 1.97. The first-order valence-electron chi connectivity index (χ1n) is 4.58. The van der Waals surface area contributed by atoms with E-state index >= 15 is 0 Å². The second kappa shape index (κ2) is 4.01. The molecule has 0 saturated carbocycles. The Bertz CT molecular complexity index is 293. The molecule has 0 amide bonds. The van der Waals surface area contributed by atoms with Crippen molar-refractivity contribution in [3.05, 3.63) is 10.7 Å². The van der Waals surface area contributed by atoms with Gasteiger partial charge in [0.25, 0.3) is 0 Å². The van der Waals surface area contributed by atoms with E-state index in [-0.39, 0.29) is 0 Å². The molecule has 0 aromatic carbocycles. The third-order valence-corrected chi connectivity index (χ3v) is 2.64. The number of nitrogens with zero attached hydrogens (tertiary/aromatic N) is 2. The molecule has 0 aliphatic rings. The number of nitrogens with two attached hydrogens (primary N) is 1. The summed E-state index contributed by atoms with van der Waals surface area (Å²) in [7, 11) is 0. The summed E-state index contributed by atoms with van der Waals surface area (Å²) < 4.78 is 1.81. The third-order valence-electron chi connectivity index (χ3n) is 2.17. The highest BCUT2D eigenvalue weighted by Crippen LogP contribution is 2.26. The fourth-order valence-corrected chi connectivity index (χ4v) is 1.55. The van der Waals surface area contributed by atoms with Crippen LogP contribution >= 0.6 is 11.6 Å². The maximum absolute atomic E-state index is 5.93. The highest BCUT2D eigenvalue weighted by Gasteiger charge is 2.13. The number of nitrogen functional groups attached to an aromatic ring is 1. The van der Waals surface area contributed by atoms with Crippen molar-refractivity contribution in [1.29, 1.82) is 0 Å². The number of hydrogen-bond donors (Lipinski definition) is 1. The minimum absolute atomic E-state index is 0.330. The highest BCUT2D eigenvalue weighted by atomic mass is 35.5. The molecule has 3 nitrogen and oxygen atoms in total. The van der Waals surface area contributed by atoms with E-state index in [1.807, 2.05) is 6.92 Å². The summed E-state index contributed by atoms with van der Waals surface area (Å²) in [6, 6.07) is 0.330. The molecule has 0 spiro atoms. The van der Waals surface area contributed by atoms with Gasteiger partial charge < -0.3 is 5.73 Å². The van der Waals surface area contributed by atoms with Crippen molar-refractivity contribution in [3.8, 4) is 0 Å². The Kier molecular flexibility index (Phi) is 3.20. The van der Waals surface area contributed by atoms with Crippen LogP contribution in [-0.2, 0) is 0 Å². The zero-order chi connectivity index (χ0) is 10.0. The first-order chi connectivity index (χ1) is 6.07. The molecule has 74 valence electrons. The lowest BCUT2D eigenvalue weighted by Crippen LogP contribution is -2.10. The van der Waals surface area contributed by atoms with Gasteiger partial charge in [0.05, 0.1) is 11.7 Å². The Morgan fingerprint density at radius 2 is 2.23 bits per heavy atom. The largest absolute Gasteiger partial charge is 0.383 e. The molecular formula is C9H16ClN3. The molecule has 13 heavy (non-hydrogen) atoms. The van der Waals surface area contributed by atoms with Crippen LogP contribution in [0.4, 0.5) is 5.82 Å². The van der Waals surface area contributed by atoms with E-state index in [0.717, 1.165) is 18.5 Å². The molecule has 0 aliphatic carbocycles. The molecule has 1 atom stereocenters. The van der Waals surface area contributed by atoms with E-state index in [1.54, 1.807) is 4.68 Å². The van der Waals surface area contributed by atoms with Gasteiger partial charge >= 0.3 is 0 Å². The molecular weight excluding hydrogens is 186 g/mol. The zero-order valence-electron chi connectivity index (χ0n) is 8.34. The molecule has 0 fully saturated rings. The van der Waals surface area contributed by atoms with Gasteiger partial charge in [-0.2, -0.15) is 5.10 Å². The molecule has 1 unspecified atom stereocenters. The minimum atomic E-state index is 0.330. The van der Waals surface area contributed by atoms with Crippen LogP contribution in [-0.4, -0.2) is 9.78 Å². The van der Waals surface area contributed by atoms with Gasteiger partial charge in [-0.25, -0.2) is 4.68 Å². The van der Waals surface area contributed by atoms with E-state index in [1.165, 1.54) is 0 Å². The normalized spacial score (nSPS) is 13.2. The summed E-state index contributed by atoms with van der Waals surface area (Å²) in [4.78, 5) is 0. The molecule has 0 aliphatic heterocycles. The standard InChI is InChI=1S/C9H16ClN3/c1-4-5-6(2)13-9(11)8(10)7(3)12-13/h6H,4-5,11H2,1-3H3. The number of anilines is 1. The van der Waals surface area contributed by atoms with Gasteiger partial charge in [0.2, 0.25) is 0 Å². The molecule has 1 aromatic heterocycles. The van der Waals surface area contributed by atoms with Crippen molar-refractivity contribution in [2.45, 2.75) is 39.7 Å². The predicted octanol–water partition coefficient (Wildman–Crippen LogP) is 2.79. The van der Waals surface area contributed by atoms with Gasteiger partial charge in [-0.3, -0.25) is 0 Å². The van der Waals surface area contributed by atoms with Crippen LogP contribution in [0.15, 0.2) is 0 Å².